The van der Waals surface area contributed by atoms with Crippen LogP contribution in [-0.4, -0.2) is 17.9 Å². The van der Waals surface area contributed by atoms with Crippen LogP contribution in [0.15, 0.2) is 0 Å². The average Bonchev–Trinajstić information content (AvgIpc) is 2.26. The molecule has 1 atom stereocenters. The van der Waals surface area contributed by atoms with E-state index >= 15 is 0 Å². The summed E-state index contributed by atoms with van der Waals surface area (Å²) in [4.78, 5) is 10.1. The van der Waals surface area contributed by atoms with Gasteiger partial charge in [0.15, 0.2) is 0 Å². The van der Waals surface area contributed by atoms with Crippen LogP contribution in [-0.2, 0) is 9.53 Å². The highest BCUT2D eigenvalue weighted by molar-refractivity contribution is 9.09. The van der Waals surface area contributed by atoms with Crippen LogP contribution in [0.1, 0.15) is 58.3 Å². The van der Waals surface area contributed by atoms with Crippen LogP contribution in [0.3, 0.4) is 0 Å². The lowest BCUT2D eigenvalue weighted by Crippen LogP contribution is -2.13. The van der Waals surface area contributed by atoms with Crippen LogP contribution in [0.4, 0.5) is 0 Å². The zero-order valence-electron chi connectivity index (χ0n) is 9.71. The van der Waals surface area contributed by atoms with Gasteiger partial charge in [0.25, 0.3) is 6.47 Å². The summed E-state index contributed by atoms with van der Waals surface area (Å²) < 4.78 is 4.91. The Labute approximate surface area is 102 Å². The zero-order valence-corrected chi connectivity index (χ0v) is 11.3. The molecule has 0 saturated heterocycles. The van der Waals surface area contributed by atoms with E-state index in [-0.39, 0.29) is 6.10 Å². The van der Waals surface area contributed by atoms with Gasteiger partial charge in [0.05, 0.1) is 0 Å². The first kappa shape index (κ1) is 14.9. The maximum Gasteiger partial charge on any atom is 0.293 e. The Hall–Kier alpha value is -0.0500. The predicted molar refractivity (Wildman–Crippen MR) is 67.3 cm³/mol. The van der Waals surface area contributed by atoms with E-state index in [0.29, 0.717) is 6.47 Å². The molecule has 0 aliphatic carbocycles. The number of halogens is 1. The average molecular weight is 279 g/mol. The zero-order chi connectivity index (χ0) is 11.4. The van der Waals surface area contributed by atoms with Crippen LogP contribution < -0.4 is 0 Å². The lowest BCUT2D eigenvalue weighted by Gasteiger charge is -2.11. The number of carbonyl (C=O) groups excluding carboxylic acids is 1. The van der Waals surface area contributed by atoms with Crippen LogP contribution in [0, 0.1) is 0 Å². The van der Waals surface area contributed by atoms with E-state index in [9.17, 15) is 4.79 Å². The van der Waals surface area contributed by atoms with Crippen LogP contribution in [0.25, 0.3) is 0 Å². The summed E-state index contributed by atoms with van der Waals surface area (Å²) >= 11 is 3.34. The number of ether oxygens (including phenoxy) is 1. The highest BCUT2D eigenvalue weighted by atomic mass is 79.9. The van der Waals surface area contributed by atoms with E-state index in [0.717, 1.165) is 18.2 Å². The van der Waals surface area contributed by atoms with E-state index in [1.54, 1.807) is 0 Å². The molecule has 1 unspecified atom stereocenters. The number of hydrogen-bond acceptors (Lipinski definition) is 2. The molecule has 15 heavy (non-hydrogen) atoms. The number of hydrogen-bond donors (Lipinski definition) is 0. The summed E-state index contributed by atoms with van der Waals surface area (Å²) in [5.41, 5.74) is 0. The van der Waals surface area contributed by atoms with Gasteiger partial charge < -0.3 is 4.74 Å². The molecule has 2 nitrogen and oxygen atoms in total. The van der Waals surface area contributed by atoms with Gasteiger partial charge in [-0.15, -0.1) is 0 Å². The molecule has 0 spiro atoms. The Balaban J connectivity index is 3.17. The molecule has 0 bridgehead atoms. The van der Waals surface area contributed by atoms with Gasteiger partial charge in [-0.25, -0.2) is 0 Å². The Morgan fingerprint density at radius 3 is 2.27 bits per heavy atom. The molecule has 0 fully saturated rings. The summed E-state index contributed by atoms with van der Waals surface area (Å²) in [5.74, 6) is 0. The molecule has 0 aromatic carbocycles. The van der Waals surface area contributed by atoms with E-state index in [4.69, 9.17) is 4.74 Å². The van der Waals surface area contributed by atoms with Gasteiger partial charge in [-0.05, 0) is 12.8 Å². The fourth-order valence-corrected chi connectivity index (χ4v) is 2.07. The number of unbranched alkanes of at least 4 members (excludes halogenated alkanes) is 6. The maximum absolute atomic E-state index is 10.1. The van der Waals surface area contributed by atoms with E-state index in [1.807, 2.05) is 0 Å². The van der Waals surface area contributed by atoms with Crippen molar-refractivity contribution in [3.8, 4) is 0 Å². The van der Waals surface area contributed by atoms with Crippen LogP contribution >= 0.6 is 15.9 Å². The quantitative estimate of drug-likeness (QED) is 0.324. The number of carbonyl (C=O) groups is 1. The minimum Gasteiger partial charge on any atom is -0.464 e. The molecule has 3 heteroatoms. The highest BCUT2D eigenvalue weighted by Gasteiger charge is 2.05. The topological polar surface area (TPSA) is 26.3 Å². The van der Waals surface area contributed by atoms with Crippen molar-refractivity contribution in [2.75, 3.05) is 5.33 Å². The second kappa shape index (κ2) is 12.0. The van der Waals surface area contributed by atoms with Crippen molar-refractivity contribution in [3.05, 3.63) is 0 Å². The molecule has 0 heterocycles. The standard InChI is InChI=1S/C12H23BrO2/c1-2-3-4-5-6-7-8-9-12(10-13)15-11-14/h11-12H,2-10H2,1H3. The van der Waals surface area contributed by atoms with Gasteiger partial charge in [0, 0.05) is 5.33 Å². The van der Waals surface area contributed by atoms with E-state index in [1.165, 1.54) is 38.5 Å². The third-order valence-electron chi connectivity index (χ3n) is 2.55. The third-order valence-corrected chi connectivity index (χ3v) is 3.27. The van der Waals surface area contributed by atoms with Gasteiger partial charge in [-0.2, -0.15) is 0 Å². The molecule has 0 aromatic heterocycles. The molecule has 90 valence electrons. The fourth-order valence-electron chi connectivity index (χ4n) is 1.59. The Kier molecular flexibility index (Phi) is 12.0. The van der Waals surface area contributed by atoms with Gasteiger partial charge in [-0.3, -0.25) is 4.79 Å². The number of alkyl halides is 1. The van der Waals surface area contributed by atoms with Crippen molar-refractivity contribution in [1.29, 1.82) is 0 Å². The van der Waals surface area contributed by atoms with Gasteiger partial charge in [0.2, 0.25) is 0 Å². The molecule has 0 amide bonds. The van der Waals surface area contributed by atoms with E-state index in [2.05, 4.69) is 22.9 Å². The fraction of sp³-hybridized carbons (Fsp3) is 0.917. The smallest absolute Gasteiger partial charge is 0.293 e. The van der Waals surface area contributed by atoms with Gasteiger partial charge in [-0.1, -0.05) is 61.4 Å². The second-order valence-corrected chi connectivity index (χ2v) is 4.57. The summed E-state index contributed by atoms with van der Waals surface area (Å²) in [5, 5.41) is 0.752. The molecule has 0 aliphatic rings. The minimum absolute atomic E-state index is 0.0677. The Bertz CT molecular complexity index is 140. The normalized spacial score (nSPS) is 12.4. The molecular formula is C12H23BrO2. The van der Waals surface area contributed by atoms with Gasteiger partial charge >= 0.3 is 0 Å². The van der Waals surface area contributed by atoms with Crippen molar-refractivity contribution in [2.24, 2.45) is 0 Å². The lowest BCUT2D eigenvalue weighted by atomic mass is 10.1. The lowest BCUT2D eigenvalue weighted by molar-refractivity contribution is -0.132. The molecule has 0 aliphatic heterocycles. The highest BCUT2D eigenvalue weighted by Crippen LogP contribution is 2.11. The number of rotatable bonds is 11. The van der Waals surface area contributed by atoms with E-state index < -0.39 is 0 Å². The molecular weight excluding hydrogens is 256 g/mol. The van der Waals surface area contributed by atoms with Crippen molar-refractivity contribution >= 4 is 22.4 Å². The summed E-state index contributed by atoms with van der Waals surface area (Å²) in [6.45, 7) is 2.78. The van der Waals surface area contributed by atoms with Crippen LogP contribution in [0.2, 0.25) is 0 Å². The monoisotopic (exact) mass is 278 g/mol. The Morgan fingerprint density at radius 1 is 1.13 bits per heavy atom. The predicted octanol–water partition coefficient (Wildman–Crippen LogP) is 4.06. The summed E-state index contributed by atoms with van der Waals surface area (Å²) in [6, 6.07) is 0. The molecule has 0 aromatic rings. The van der Waals surface area contributed by atoms with Gasteiger partial charge in [0.1, 0.15) is 6.10 Å². The first-order valence-electron chi connectivity index (χ1n) is 6.00. The van der Waals surface area contributed by atoms with Crippen molar-refractivity contribution in [2.45, 2.75) is 64.4 Å². The molecule has 0 N–H and O–H groups in total. The van der Waals surface area contributed by atoms with Crippen molar-refractivity contribution in [1.82, 2.24) is 0 Å². The minimum atomic E-state index is 0.0677. The first-order valence-corrected chi connectivity index (χ1v) is 7.12. The second-order valence-electron chi connectivity index (χ2n) is 3.92. The SMILES string of the molecule is CCCCCCCCCC(CBr)OC=O. The molecule has 0 radical (unpaired) electrons. The summed E-state index contributed by atoms with van der Waals surface area (Å²) in [7, 11) is 0. The third kappa shape index (κ3) is 10.2. The molecule has 0 saturated carbocycles. The van der Waals surface area contributed by atoms with Crippen molar-refractivity contribution < 1.29 is 9.53 Å². The Morgan fingerprint density at radius 2 is 1.73 bits per heavy atom. The summed E-state index contributed by atoms with van der Waals surface area (Å²) in [6.07, 6.45) is 10.2. The van der Waals surface area contributed by atoms with Crippen molar-refractivity contribution in [3.63, 3.8) is 0 Å². The maximum atomic E-state index is 10.1. The first-order chi connectivity index (χ1) is 7.35. The largest absolute Gasteiger partial charge is 0.464 e. The van der Waals surface area contributed by atoms with Crippen LogP contribution in [0.5, 0.6) is 0 Å². The molecule has 0 rings (SSSR count).